The molecule has 1 atom stereocenters. The lowest BCUT2D eigenvalue weighted by atomic mass is 10.1. The van der Waals surface area contributed by atoms with Gasteiger partial charge in [-0.25, -0.2) is 14.6 Å². The molecule has 3 aromatic heterocycles. The summed E-state index contributed by atoms with van der Waals surface area (Å²) in [5.74, 6) is -0.0407. The maximum atomic E-state index is 12.9. The van der Waals surface area contributed by atoms with E-state index in [0.717, 1.165) is 5.69 Å². The van der Waals surface area contributed by atoms with Gasteiger partial charge in [0.15, 0.2) is 6.61 Å². The molecular formula is C24H20N4O6. The van der Waals surface area contributed by atoms with Crippen LogP contribution in [0.5, 0.6) is 0 Å². The Bertz CT molecular complexity index is 1390. The van der Waals surface area contributed by atoms with Gasteiger partial charge in [0.25, 0.3) is 5.91 Å². The lowest BCUT2D eigenvalue weighted by Crippen LogP contribution is -2.31. The van der Waals surface area contributed by atoms with Crippen molar-refractivity contribution in [3.63, 3.8) is 0 Å². The van der Waals surface area contributed by atoms with Crippen molar-refractivity contribution < 1.29 is 23.2 Å². The molecule has 1 unspecified atom stereocenters. The van der Waals surface area contributed by atoms with Crippen LogP contribution in [0.2, 0.25) is 0 Å². The molecule has 1 N–H and O–H groups in total. The number of aryl methyl sites for hydroxylation is 1. The summed E-state index contributed by atoms with van der Waals surface area (Å²) in [5, 5.41) is 5.65. The molecule has 34 heavy (non-hydrogen) atoms. The largest absolute Gasteiger partial charge is 0.467 e. The number of esters is 1. The molecule has 0 saturated carbocycles. The number of H-pyrrole nitrogens is 1. The third kappa shape index (κ3) is 3.96. The topological polar surface area (TPSA) is 123 Å². The summed E-state index contributed by atoms with van der Waals surface area (Å²) in [6, 6.07) is 12.9. The maximum absolute atomic E-state index is 12.9. The van der Waals surface area contributed by atoms with E-state index in [9.17, 15) is 14.4 Å². The molecule has 0 spiro atoms. The van der Waals surface area contributed by atoms with Crippen molar-refractivity contribution in [1.29, 1.82) is 0 Å². The van der Waals surface area contributed by atoms with Crippen LogP contribution in [0, 0.1) is 6.92 Å². The Hall–Kier alpha value is -4.60. The minimum atomic E-state index is -0.665. The van der Waals surface area contributed by atoms with Crippen molar-refractivity contribution in [1.82, 2.24) is 14.6 Å². The molecule has 0 fully saturated rings. The highest BCUT2D eigenvalue weighted by molar-refractivity contribution is 6.01. The Morgan fingerprint density at radius 3 is 2.53 bits per heavy atom. The molecule has 0 radical (unpaired) electrons. The van der Waals surface area contributed by atoms with Crippen LogP contribution in [0.3, 0.4) is 0 Å². The summed E-state index contributed by atoms with van der Waals surface area (Å²) < 4.78 is 17.6. The minimum absolute atomic E-state index is 0.251. The highest BCUT2D eigenvalue weighted by Crippen LogP contribution is 2.33. The first-order valence-corrected chi connectivity index (χ1v) is 10.5. The number of hydrazone groups is 1. The summed E-state index contributed by atoms with van der Waals surface area (Å²) >= 11 is 0. The number of rotatable bonds is 6. The number of aromatic amines is 1. The zero-order chi connectivity index (χ0) is 23.7. The number of hydrogen-bond acceptors (Lipinski definition) is 7. The first kappa shape index (κ1) is 21.3. The lowest BCUT2D eigenvalue weighted by Gasteiger charge is -2.19. The van der Waals surface area contributed by atoms with E-state index in [1.54, 1.807) is 49.5 Å². The Balaban J connectivity index is 1.28. The van der Waals surface area contributed by atoms with Gasteiger partial charge in [-0.05, 0) is 55.5 Å². The number of amides is 1. The minimum Gasteiger partial charge on any atom is -0.467 e. The molecule has 1 aliphatic heterocycles. The van der Waals surface area contributed by atoms with Crippen LogP contribution >= 0.6 is 0 Å². The molecule has 10 nitrogen and oxygen atoms in total. The molecule has 0 saturated heterocycles. The van der Waals surface area contributed by atoms with Crippen LogP contribution in [0.15, 0.2) is 86.0 Å². The molecule has 4 heterocycles. The van der Waals surface area contributed by atoms with Gasteiger partial charge in [-0.2, -0.15) is 5.10 Å². The van der Waals surface area contributed by atoms with Crippen molar-refractivity contribution in [3.8, 4) is 5.69 Å². The lowest BCUT2D eigenvalue weighted by molar-refractivity contribution is -0.136. The van der Waals surface area contributed by atoms with E-state index in [1.807, 2.05) is 0 Å². The molecule has 172 valence electrons. The van der Waals surface area contributed by atoms with Crippen LogP contribution in [-0.2, 0) is 9.53 Å². The standard InChI is InChI=1S/C24H20N4O6/c1-15-13-25-24(31)27(15)17-8-6-16(7-9-17)23(30)34-14-22(29)28-19(21-5-3-11-33-21)12-18(26-28)20-4-2-10-32-20/h2-11,13,19H,12,14H2,1H3,(H,25,31). The van der Waals surface area contributed by atoms with E-state index >= 15 is 0 Å². The number of hydrogen-bond donors (Lipinski definition) is 1. The van der Waals surface area contributed by atoms with Gasteiger partial charge in [-0.15, -0.1) is 0 Å². The van der Waals surface area contributed by atoms with Crippen LogP contribution in [-0.4, -0.2) is 38.8 Å². The average Bonchev–Trinajstić information content (AvgIpc) is 3.64. The fraction of sp³-hybridized carbons (Fsp3) is 0.167. The summed E-state index contributed by atoms with van der Waals surface area (Å²) in [4.78, 5) is 40.0. The number of aromatic nitrogens is 2. The van der Waals surface area contributed by atoms with Gasteiger partial charge < -0.3 is 18.6 Å². The first-order valence-electron chi connectivity index (χ1n) is 10.5. The monoisotopic (exact) mass is 460 g/mol. The maximum Gasteiger partial charge on any atom is 0.338 e. The number of carbonyl (C=O) groups is 2. The third-order valence-corrected chi connectivity index (χ3v) is 5.49. The van der Waals surface area contributed by atoms with Gasteiger partial charge in [-0.3, -0.25) is 9.36 Å². The van der Waals surface area contributed by atoms with Gasteiger partial charge >= 0.3 is 11.7 Å². The first-order chi connectivity index (χ1) is 16.5. The second-order valence-corrected chi connectivity index (χ2v) is 7.69. The average molecular weight is 460 g/mol. The summed E-state index contributed by atoms with van der Waals surface area (Å²) in [5.41, 5.74) is 1.91. The number of nitrogens with zero attached hydrogens (tertiary/aromatic N) is 3. The van der Waals surface area contributed by atoms with Crippen molar-refractivity contribution in [3.05, 3.63) is 101 Å². The van der Waals surface area contributed by atoms with Crippen molar-refractivity contribution >= 4 is 17.6 Å². The predicted octanol–water partition coefficient (Wildman–Crippen LogP) is 3.19. The van der Waals surface area contributed by atoms with Gasteiger partial charge in [0, 0.05) is 18.3 Å². The van der Waals surface area contributed by atoms with Crippen LogP contribution in [0.1, 0.15) is 40.0 Å². The Labute approximate surface area is 193 Å². The second kappa shape index (κ2) is 8.74. The third-order valence-electron chi connectivity index (χ3n) is 5.49. The van der Waals surface area contributed by atoms with Crippen LogP contribution < -0.4 is 5.69 Å². The number of ether oxygens (including phenoxy) is 1. The molecule has 10 heteroatoms. The SMILES string of the molecule is Cc1c[nH]c(=O)n1-c1ccc(C(=O)OCC(=O)N2N=C(c3ccco3)CC2c2ccco2)cc1. The molecule has 1 amide bonds. The number of benzene rings is 1. The summed E-state index contributed by atoms with van der Waals surface area (Å²) in [7, 11) is 0. The van der Waals surface area contributed by atoms with Gasteiger partial charge in [0.2, 0.25) is 0 Å². The van der Waals surface area contributed by atoms with Gasteiger partial charge in [-0.1, -0.05) is 0 Å². The van der Waals surface area contributed by atoms with Gasteiger partial charge in [0.05, 0.1) is 23.8 Å². The van der Waals surface area contributed by atoms with E-state index in [-0.39, 0.29) is 11.3 Å². The smallest absolute Gasteiger partial charge is 0.338 e. The molecular weight excluding hydrogens is 440 g/mol. The fourth-order valence-corrected chi connectivity index (χ4v) is 3.83. The van der Waals surface area contributed by atoms with Gasteiger partial charge in [0.1, 0.15) is 23.3 Å². The van der Waals surface area contributed by atoms with E-state index in [2.05, 4.69) is 10.1 Å². The summed E-state index contributed by atoms with van der Waals surface area (Å²) in [6.45, 7) is 1.29. The number of nitrogens with one attached hydrogen (secondary N) is 1. The zero-order valence-electron chi connectivity index (χ0n) is 18.1. The van der Waals surface area contributed by atoms with E-state index in [1.165, 1.54) is 34.2 Å². The highest BCUT2D eigenvalue weighted by Gasteiger charge is 2.36. The molecule has 4 aromatic rings. The van der Waals surface area contributed by atoms with Crippen LogP contribution in [0.4, 0.5) is 0 Å². The Kier molecular flexibility index (Phi) is 5.46. The Morgan fingerprint density at radius 1 is 1.12 bits per heavy atom. The zero-order valence-corrected chi connectivity index (χ0v) is 18.1. The molecule has 0 aliphatic carbocycles. The fourth-order valence-electron chi connectivity index (χ4n) is 3.83. The van der Waals surface area contributed by atoms with E-state index < -0.39 is 24.5 Å². The van der Waals surface area contributed by atoms with Crippen LogP contribution in [0.25, 0.3) is 5.69 Å². The van der Waals surface area contributed by atoms with E-state index in [4.69, 9.17) is 13.6 Å². The second-order valence-electron chi connectivity index (χ2n) is 7.69. The highest BCUT2D eigenvalue weighted by atomic mass is 16.5. The van der Waals surface area contributed by atoms with Crippen molar-refractivity contribution in [2.75, 3.05) is 6.61 Å². The number of imidazole rings is 1. The Morgan fingerprint density at radius 2 is 1.88 bits per heavy atom. The molecule has 5 rings (SSSR count). The van der Waals surface area contributed by atoms with Crippen molar-refractivity contribution in [2.24, 2.45) is 5.10 Å². The molecule has 0 bridgehead atoms. The number of carbonyl (C=O) groups excluding carboxylic acids is 2. The number of furan rings is 2. The molecule has 1 aliphatic rings. The van der Waals surface area contributed by atoms with Crippen molar-refractivity contribution in [2.45, 2.75) is 19.4 Å². The normalized spacial score (nSPS) is 15.4. The summed E-state index contributed by atoms with van der Waals surface area (Å²) in [6.07, 6.45) is 5.06. The quantitative estimate of drug-likeness (QED) is 0.441. The molecule has 1 aromatic carbocycles. The predicted molar refractivity (Wildman–Crippen MR) is 120 cm³/mol. The van der Waals surface area contributed by atoms with E-state index in [0.29, 0.717) is 29.3 Å².